The molecule has 2 atom stereocenters. The van der Waals surface area contributed by atoms with Gasteiger partial charge in [0, 0.05) is 12.6 Å². The van der Waals surface area contributed by atoms with E-state index < -0.39 is 16.1 Å². The average molecular weight is 569 g/mol. The maximum absolute atomic E-state index is 11.9. The van der Waals surface area contributed by atoms with Gasteiger partial charge in [-0.3, -0.25) is 4.72 Å². The molecule has 0 amide bonds. The van der Waals surface area contributed by atoms with Crippen LogP contribution in [0.1, 0.15) is 23.1 Å². The van der Waals surface area contributed by atoms with Gasteiger partial charge < -0.3 is 29.4 Å². The number of sulfonamides is 1. The predicted octanol–water partition coefficient (Wildman–Crippen LogP) is 3.54. The lowest BCUT2D eigenvalue weighted by Gasteiger charge is -2.28. The Labute approximate surface area is 235 Å². The molecule has 0 saturated heterocycles. The van der Waals surface area contributed by atoms with Gasteiger partial charge in [0.1, 0.15) is 44.0 Å². The van der Waals surface area contributed by atoms with Crippen LogP contribution in [0.15, 0.2) is 60.7 Å². The number of benzene rings is 3. The first-order valence-corrected chi connectivity index (χ1v) is 15.4. The summed E-state index contributed by atoms with van der Waals surface area (Å²) < 4.78 is 49.4. The van der Waals surface area contributed by atoms with Crippen LogP contribution in [-0.4, -0.2) is 58.8 Å². The Morgan fingerprint density at radius 2 is 1.75 bits per heavy atom. The minimum Gasteiger partial charge on any atom is -0.491 e. The minimum atomic E-state index is -3.53. The van der Waals surface area contributed by atoms with Gasteiger partial charge in [0.05, 0.1) is 11.9 Å². The Bertz CT molecular complexity index is 1400. The number of anilines is 1. The Morgan fingerprint density at radius 1 is 1.00 bits per heavy atom. The number of rotatable bonds is 12. The summed E-state index contributed by atoms with van der Waals surface area (Å²) in [5.41, 5.74) is 3.87. The van der Waals surface area contributed by atoms with E-state index in [4.69, 9.17) is 18.9 Å². The molecule has 0 radical (unpaired) electrons. The van der Waals surface area contributed by atoms with Gasteiger partial charge in [-0.15, -0.1) is 0 Å². The summed E-state index contributed by atoms with van der Waals surface area (Å²) in [4.78, 5) is 0. The van der Waals surface area contributed by atoms with Crippen molar-refractivity contribution in [3.8, 4) is 23.0 Å². The molecule has 2 aliphatic rings. The maximum Gasteiger partial charge on any atom is 0.229 e. The molecular weight excluding hydrogens is 532 g/mol. The van der Waals surface area contributed by atoms with Crippen molar-refractivity contribution in [3.63, 3.8) is 0 Å². The third-order valence-electron chi connectivity index (χ3n) is 6.93. The number of aryl methyl sites for hydroxylation is 1. The number of aliphatic hydroxyl groups is 1. The first kappa shape index (κ1) is 28.1. The van der Waals surface area contributed by atoms with E-state index >= 15 is 0 Å². The summed E-state index contributed by atoms with van der Waals surface area (Å²) >= 11 is 0. The predicted molar refractivity (Wildman–Crippen MR) is 153 cm³/mol. The molecule has 10 heteroatoms. The summed E-state index contributed by atoms with van der Waals surface area (Å²) in [5, 5.41) is 13.9. The second-order valence-corrected chi connectivity index (χ2v) is 12.1. The normalized spacial score (nSPS) is 17.0. The average Bonchev–Trinajstić information content (AvgIpc) is 2.94. The van der Waals surface area contributed by atoms with Crippen LogP contribution in [0.3, 0.4) is 0 Å². The highest BCUT2D eigenvalue weighted by molar-refractivity contribution is 7.92. The van der Waals surface area contributed by atoms with Crippen molar-refractivity contribution in [2.24, 2.45) is 5.92 Å². The number of nitrogens with one attached hydrogen (secondary N) is 2. The van der Waals surface area contributed by atoms with Crippen LogP contribution in [0.2, 0.25) is 0 Å². The fourth-order valence-corrected chi connectivity index (χ4v) is 5.55. The number of hydrogen-bond donors (Lipinski definition) is 3. The van der Waals surface area contributed by atoms with E-state index in [2.05, 4.69) is 22.2 Å². The Balaban J connectivity index is 1.10. The molecule has 0 fully saturated rings. The smallest absolute Gasteiger partial charge is 0.229 e. The number of fused-ring (bicyclic) bond motifs is 2. The van der Waals surface area contributed by atoms with Crippen LogP contribution in [-0.2, 0) is 29.5 Å². The second-order valence-electron chi connectivity index (χ2n) is 10.3. The van der Waals surface area contributed by atoms with Gasteiger partial charge in [-0.1, -0.05) is 30.3 Å². The summed E-state index contributed by atoms with van der Waals surface area (Å²) in [7, 11) is -3.53. The lowest BCUT2D eigenvalue weighted by molar-refractivity contribution is 0.105. The van der Waals surface area contributed by atoms with E-state index in [-0.39, 0.29) is 12.3 Å². The van der Waals surface area contributed by atoms with E-state index in [0.717, 1.165) is 49.1 Å². The van der Waals surface area contributed by atoms with Crippen LogP contribution in [0, 0.1) is 5.92 Å². The molecule has 1 aliphatic carbocycles. The Hall–Kier alpha value is -3.47. The van der Waals surface area contributed by atoms with Crippen molar-refractivity contribution < 1.29 is 32.5 Å². The standard InChI is InChI=1S/C30H36N2O7S/c1-40(34,35)32-27-16-26(9-10-28(27)39-19-21-5-3-2-4-6-21)38-20-25(33)18-31-17-22-7-8-23-14-29-30(15-24(23)13-22)37-12-11-36-29/h2-6,9-10,14-16,22,25,31-33H,7-8,11-13,17-20H2,1H3/t22?,25-/m1/s1. The van der Waals surface area contributed by atoms with Crippen molar-refractivity contribution in [2.45, 2.75) is 32.0 Å². The molecule has 1 heterocycles. The molecular formula is C30H36N2O7S. The zero-order valence-corrected chi connectivity index (χ0v) is 23.4. The topological polar surface area (TPSA) is 115 Å². The molecule has 5 rings (SSSR count). The van der Waals surface area contributed by atoms with Gasteiger partial charge in [-0.2, -0.15) is 0 Å². The van der Waals surface area contributed by atoms with E-state index in [1.807, 2.05) is 30.3 Å². The lowest BCUT2D eigenvalue weighted by atomic mass is 9.83. The number of hydrogen-bond acceptors (Lipinski definition) is 8. The first-order valence-electron chi connectivity index (χ1n) is 13.5. The van der Waals surface area contributed by atoms with Gasteiger partial charge in [0.2, 0.25) is 10.0 Å². The molecule has 1 aliphatic heterocycles. The molecule has 1 unspecified atom stereocenters. The zero-order valence-electron chi connectivity index (χ0n) is 22.6. The second kappa shape index (κ2) is 12.8. The molecule has 40 heavy (non-hydrogen) atoms. The largest absolute Gasteiger partial charge is 0.491 e. The molecule has 3 aromatic rings. The quantitative estimate of drug-likeness (QED) is 0.304. The van der Waals surface area contributed by atoms with Gasteiger partial charge >= 0.3 is 0 Å². The summed E-state index contributed by atoms with van der Waals surface area (Å²) in [6.45, 7) is 2.71. The van der Waals surface area contributed by atoms with E-state index in [1.165, 1.54) is 11.1 Å². The molecule has 3 aromatic carbocycles. The summed E-state index contributed by atoms with van der Waals surface area (Å²) in [5.74, 6) is 2.96. The van der Waals surface area contributed by atoms with Crippen molar-refractivity contribution >= 4 is 15.7 Å². The van der Waals surface area contributed by atoms with Gasteiger partial charge in [0.25, 0.3) is 0 Å². The van der Waals surface area contributed by atoms with Gasteiger partial charge in [-0.05, 0) is 72.7 Å². The van der Waals surface area contributed by atoms with Crippen LogP contribution in [0.25, 0.3) is 0 Å². The van der Waals surface area contributed by atoms with E-state index in [1.54, 1.807) is 18.2 Å². The van der Waals surface area contributed by atoms with E-state index in [0.29, 0.717) is 43.8 Å². The third-order valence-corrected chi connectivity index (χ3v) is 7.52. The molecule has 0 bridgehead atoms. The SMILES string of the molecule is CS(=O)(=O)Nc1cc(OC[C@H](O)CNCC2CCc3cc4c(cc3C2)OCCO4)ccc1OCc1ccccc1. The van der Waals surface area contributed by atoms with Crippen molar-refractivity contribution in [1.29, 1.82) is 0 Å². The Morgan fingerprint density at radius 3 is 2.50 bits per heavy atom. The fraction of sp³-hybridized carbons (Fsp3) is 0.400. The van der Waals surface area contributed by atoms with Gasteiger partial charge in [-0.25, -0.2) is 8.42 Å². The van der Waals surface area contributed by atoms with Crippen LogP contribution in [0.4, 0.5) is 5.69 Å². The summed E-state index contributed by atoms with van der Waals surface area (Å²) in [6.07, 6.45) is 3.38. The first-order chi connectivity index (χ1) is 19.3. The Kier molecular flexibility index (Phi) is 8.98. The molecule has 3 N–H and O–H groups in total. The van der Waals surface area contributed by atoms with Crippen molar-refractivity contribution in [1.82, 2.24) is 5.32 Å². The van der Waals surface area contributed by atoms with Crippen molar-refractivity contribution in [2.75, 3.05) is 43.9 Å². The minimum absolute atomic E-state index is 0.0620. The highest BCUT2D eigenvalue weighted by Crippen LogP contribution is 2.37. The highest BCUT2D eigenvalue weighted by atomic mass is 32.2. The van der Waals surface area contributed by atoms with Gasteiger partial charge in [0.15, 0.2) is 11.5 Å². The molecule has 214 valence electrons. The highest BCUT2D eigenvalue weighted by Gasteiger charge is 2.23. The molecule has 9 nitrogen and oxygen atoms in total. The number of aliphatic hydroxyl groups excluding tert-OH is 1. The zero-order chi connectivity index (χ0) is 28.0. The molecule has 0 spiro atoms. The fourth-order valence-electron chi connectivity index (χ4n) is 4.99. The van der Waals surface area contributed by atoms with E-state index in [9.17, 15) is 13.5 Å². The maximum atomic E-state index is 11.9. The molecule has 0 aromatic heterocycles. The monoisotopic (exact) mass is 568 g/mol. The third kappa shape index (κ3) is 7.80. The lowest BCUT2D eigenvalue weighted by Crippen LogP contribution is -2.35. The summed E-state index contributed by atoms with van der Waals surface area (Å²) in [6, 6.07) is 18.8. The van der Waals surface area contributed by atoms with Crippen molar-refractivity contribution in [3.05, 3.63) is 77.4 Å². The van der Waals surface area contributed by atoms with Crippen LogP contribution < -0.4 is 29.0 Å². The van der Waals surface area contributed by atoms with Crippen LogP contribution >= 0.6 is 0 Å². The molecule has 0 saturated carbocycles. The van der Waals surface area contributed by atoms with Crippen LogP contribution in [0.5, 0.6) is 23.0 Å². The number of ether oxygens (including phenoxy) is 4.